The zero-order chi connectivity index (χ0) is 19.9. The van der Waals surface area contributed by atoms with Gasteiger partial charge in [-0.3, -0.25) is 4.57 Å². The van der Waals surface area contributed by atoms with Crippen molar-refractivity contribution in [1.29, 1.82) is 0 Å². The fourth-order valence-electron chi connectivity index (χ4n) is 2.62. The number of guanidine groups is 1. The van der Waals surface area contributed by atoms with Crippen LogP contribution in [-0.2, 0) is 13.1 Å². The van der Waals surface area contributed by atoms with Gasteiger partial charge in [0.1, 0.15) is 16.6 Å². The van der Waals surface area contributed by atoms with Crippen LogP contribution in [0.4, 0.5) is 0 Å². The standard InChI is InChI=1S/C20H27N7S/c1-5-21-20(25-12-19-26-17(13-28-19)14(2)3)24-11-16-6-7-18(23-10-16)27-9-8-22-15(27)4/h6-10,13-14H,5,11-12H2,1-4H3,(H2,21,24,25). The third-order valence-corrected chi connectivity index (χ3v) is 5.08. The number of pyridine rings is 1. The molecule has 0 aliphatic carbocycles. The first-order chi connectivity index (χ1) is 13.6. The molecule has 2 N–H and O–H groups in total. The molecule has 8 heteroatoms. The van der Waals surface area contributed by atoms with Gasteiger partial charge in [0, 0.05) is 30.5 Å². The van der Waals surface area contributed by atoms with E-state index in [1.807, 2.05) is 36.0 Å². The van der Waals surface area contributed by atoms with Gasteiger partial charge in [0.25, 0.3) is 0 Å². The van der Waals surface area contributed by atoms with E-state index in [4.69, 9.17) is 0 Å². The molecule has 0 spiro atoms. The van der Waals surface area contributed by atoms with Gasteiger partial charge in [-0.05, 0) is 31.4 Å². The highest BCUT2D eigenvalue weighted by Gasteiger charge is 2.07. The summed E-state index contributed by atoms with van der Waals surface area (Å²) in [5, 5.41) is 9.82. The van der Waals surface area contributed by atoms with E-state index in [1.54, 1.807) is 17.5 Å². The lowest BCUT2D eigenvalue weighted by molar-refractivity contribution is 0.787. The molecule has 0 fully saturated rings. The van der Waals surface area contributed by atoms with Gasteiger partial charge >= 0.3 is 0 Å². The van der Waals surface area contributed by atoms with Crippen molar-refractivity contribution in [2.24, 2.45) is 4.99 Å². The molecule has 28 heavy (non-hydrogen) atoms. The van der Waals surface area contributed by atoms with E-state index in [9.17, 15) is 0 Å². The Labute approximate surface area is 170 Å². The summed E-state index contributed by atoms with van der Waals surface area (Å²) in [5.74, 6) is 3.00. The summed E-state index contributed by atoms with van der Waals surface area (Å²) in [6, 6.07) is 4.04. The van der Waals surface area contributed by atoms with E-state index in [0.717, 1.165) is 40.4 Å². The maximum Gasteiger partial charge on any atom is 0.191 e. The molecular formula is C20H27N7S. The molecule has 0 unspecified atom stereocenters. The lowest BCUT2D eigenvalue weighted by Gasteiger charge is -2.10. The normalized spacial score (nSPS) is 11.8. The number of thiazole rings is 1. The Bertz CT molecular complexity index is 909. The molecule has 3 aromatic rings. The second kappa shape index (κ2) is 9.45. The van der Waals surface area contributed by atoms with Crippen molar-refractivity contribution in [2.75, 3.05) is 6.54 Å². The number of nitrogens with one attached hydrogen (secondary N) is 2. The number of rotatable bonds is 7. The molecule has 0 aliphatic heterocycles. The summed E-state index contributed by atoms with van der Waals surface area (Å²) in [6.07, 6.45) is 5.54. The highest BCUT2D eigenvalue weighted by molar-refractivity contribution is 7.09. The van der Waals surface area contributed by atoms with Gasteiger partial charge in [0.2, 0.25) is 0 Å². The van der Waals surface area contributed by atoms with Crippen LogP contribution in [0.1, 0.15) is 48.8 Å². The molecule has 7 nitrogen and oxygen atoms in total. The van der Waals surface area contributed by atoms with Crippen molar-refractivity contribution in [1.82, 2.24) is 30.2 Å². The minimum atomic E-state index is 0.452. The van der Waals surface area contributed by atoms with Gasteiger partial charge in [0.05, 0.1) is 18.8 Å². The number of aryl methyl sites for hydroxylation is 1. The molecule has 0 radical (unpaired) electrons. The molecule has 3 aromatic heterocycles. The molecule has 0 saturated heterocycles. The Hall–Kier alpha value is -2.74. The van der Waals surface area contributed by atoms with Crippen molar-refractivity contribution in [3.8, 4) is 5.82 Å². The van der Waals surface area contributed by atoms with Crippen LogP contribution in [0.3, 0.4) is 0 Å². The maximum absolute atomic E-state index is 4.66. The minimum Gasteiger partial charge on any atom is -0.357 e. The van der Waals surface area contributed by atoms with Crippen LogP contribution in [0.5, 0.6) is 0 Å². The Kier molecular flexibility index (Phi) is 6.76. The van der Waals surface area contributed by atoms with Gasteiger partial charge in [-0.15, -0.1) is 11.3 Å². The van der Waals surface area contributed by atoms with Crippen molar-refractivity contribution in [2.45, 2.75) is 46.7 Å². The monoisotopic (exact) mass is 397 g/mol. The zero-order valence-corrected chi connectivity index (χ0v) is 17.6. The predicted octanol–water partition coefficient (Wildman–Crippen LogP) is 3.41. The van der Waals surface area contributed by atoms with Gasteiger partial charge in [0.15, 0.2) is 5.96 Å². The smallest absolute Gasteiger partial charge is 0.191 e. The van der Waals surface area contributed by atoms with Crippen LogP contribution < -0.4 is 10.6 Å². The lowest BCUT2D eigenvalue weighted by Crippen LogP contribution is -2.36. The van der Waals surface area contributed by atoms with E-state index in [2.05, 4.69) is 56.7 Å². The molecular weight excluding hydrogens is 370 g/mol. The summed E-state index contributed by atoms with van der Waals surface area (Å²) in [5.41, 5.74) is 2.19. The summed E-state index contributed by atoms with van der Waals surface area (Å²) in [4.78, 5) is 18.1. The number of nitrogens with zero attached hydrogens (tertiary/aromatic N) is 5. The summed E-state index contributed by atoms with van der Waals surface area (Å²) in [6.45, 7) is 10.4. The highest BCUT2D eigenvalue weighted by atomic mass is 32.1. The molecule has 0 aliphatic rings. The largest absolute Gasteiger partial charge is 0.357 e. The number of aromatic nitrogens is 4. The van der Waals surface area contributed by atoms with Crippen molar-refractivity contribution in [3.63, 3.8) is 0 Å². The SMILES string of the molecule is CCNC(=NCc1ccc(-n2ccnc2C)nc1)NCc1nc(C(C)C)cs1. The van der Waals surface area contributed by atoms with Crippen LogP contribution in [-0.4, -0.2) is 32.0 Å². The summed E-state index contributed by atoms with van der Waals surface area (Å²) in [7, 11) is 0. The quantitative estimate of drug-likeness (QED) is 0.472. The second-order valence-electron chi connectivity index (χ2n) is 6.74. The number of imidazole rings is 1. The third kappa shape index (κ3) is 5.16. The van der Waals surface area contributed by atoms with Crippen LogP contribution in [0.25, 0.3) is 5.82 Å². The van der Waals surface area contributed by atoms with Crippen molar-refractivity contribution < 1.29 is 0 Å². The number of hydrogen-bond acceptors (Lipinski definition) is 5. The average molecular weight is 398 g/mol. The number of hydrogen-bond donors (Lipinski definition) is 2. The zero-order valence-electron chi connectivity index (χ0n) is 16.8. The minimum absolute atomic E-state index is 0.452. The first-order valence-corrected chi connectivity index (χ1v) is 10.4. The summed E-state index contributed by atoms with van der Waals surface area (Å²) >= 11 is 1.68. The topological polar surface area (TPSA) is 80.0 Å². The van der Waals surface area contributed by atoms with Crippen LogP contribution in [0.15, 0.2) is 41.1 Å². The molecule has 3 heterocycles. The first-order valence-electron chi connectivity index (χ1n) is 9.48. The van der Waals surface area contributed by atoms with Gasteiger partial charge in [-0.2, -0.15) is 0 Å². The Morgan fingerprint density at radius 1 is 1.25 bits per heavy atom. The average Bonchev–Trinajstić information content (AvgIpc) is 3.33. The van der Waals surface area contributed by atoms with E-state index in [-0.39, 0.29) is 0 Å². The Morgan fingerprint density at radius 2 is 2.11 bits per heavy atom. The van der Waals surface area contributed by atoms with Gasteiger partial charge in [-0.25, -0.2) is 19.9 Å². The molecule has 3 rings (SSSR count). The Balaban J connectivity index is 1.61. The predicted molar refractivity (Wildman–Crippen MR) is 114 cm³/mol. The molecule has 0 atom stereocenters. The third-order valence-electron chi connectivity index (χ3n) is 4.21. The van der Waals surface area contributed by atoms with Crippen molar-refractivity contribution >= 4 is 17.3 Å². The Morgan fingerprint density at radius 3 is 2.71 bits per heavy atom. The molecule has 0 saturated carbocycles. The molecule has 0 bridgehead atoms. The van der Waals surface area contributed by atoms with Crippen LogP contribution in [0, 0.1) is 6.92 Å². The van der Waals surface area contributed by atoms with E-state index in [1.165, 1.54) is 0 Å². The van der Waals surface area contributed by atoms with E-state index >= 15 is 0 Å². The lowest BCUT2D eigenvalue weighted by atomic mass is 10.2. The van der Waals surface area contributed by atoms with Crippen LogP contribution >= 0.6 is 11.3 Å². The van der Waals surface area contributed by atoms with E-state index in [0.29, 0.717) is 19.0 Å². The molecule has 148 valence electrons. The number of aliphatic imine (C=N–C) groups is 1. The molecule has 0 amide bonds. The van der Waals surface area contributed by atoms with Crippen LogP contribution in [0.2, 0.25) is 0 Å². The van der Waals surface area contributed by atoms with E-state index < -0.39 is 0 Å². The fraction of sp³-hybridized carbons (Fsp3) is 0.400. The maximum atomic E-state index is 4.66. The van der Waals surface area contributed by atoms with Gasteiger partial charge < -0.3 is 10.6 Å². The second-order valence-corrected chi connectivity index (χ2v) is 7.68. The van der Waals surface area contributed by atoms with Crippen molar-refractivity contribution in [3.05, 3.63) is 58.2 Å². The first kappa shape index (κ1) is 20.0. The summed E-state index contributed by atoms with van der Waals surface area (Å²) < 4.78 is 1.96. The highest BCUT2D eigenvalue weighted by Crippen LogP contribution is 2.17. The fourth-order valence-corrected chi connectivity index (χ4v) is 3.51. The van der Waals surface area contributed by atoms with Gasteiger partial charge in [-0.1, -0.05) is 19.9 Å². The molecule has 0 aromatic carbocycles.